The van der Waals surface area contributed by atoms with Gasteiger partial charge >= 0.3 is 0 Å². The van der Waals surface area contributed by atoms with E-state index in [0.717, 1.165) is 11.1 Å². The standard InChI is InChI=1S/C17H13N5O2/c1-23-10-4-2-3-9(7-10)14-11-5-6-13-15(21-22-20-13)16(11)24-17(19)12(14)8-18/h2-7,14H,19H2,1H3,(H,20,21,22). The molecule has 7 heteroatoms. The fourth-order valence-electron chi connectivity index (χ4n) is 2.99. The summed E-state index contributed by atoms with van der Waals surface area (Å²) in [6, 6.07) is 13.4. The van der Waals surface area contributed by atoms with Crippen molar-refractivity contribution in [3.05, 3.63) is 59.0 Å². The molecule has 1 atom stereocenters. The molecule has 0 fully saturated rings. The summed E-state index contributed by atoms with van der Waals surface area (Å²) in [4.78, 5) is 0. The third kappa shape index (κ3) is 1.97. The van der Waals surface area contributed by atoms with Gasteiger partial charge in [-0.15, -0.1) is 0 Å². The molecule has 1 aliphatic rings. The highest BCUT2D eigenvalue weighted by molar-refractivity contribution is 5.84. The number of methoxy groups -OCH3 is 1. The lowest BCUT2D eigenvalue weighted by atomic mass is 9.83. The van der Waals surface area contributed by atoms with E-state index < -0.39 is 0 Å². The summed E-state index contributed by atoms with van der Waals surface area (Å²) >= 11 is 0. The highest BCUT2D eigenvalue weighted by Gasteiger charge is 2.32. The first-order valence-corrected chi connectivity index (χ1v) is 7.28. The Morgan fingerprint density at radius 3 is 2.96 bits per heavy atom. The molecule has 0 amide bonds. The Morgan fingerprint density at radius 2 is 2.17 bits per heavy atom. The Kier molecular flexibility index (Phi) is 3.10. The molecule has 0 spiro atoms. The lowest BCUT2D eigenvalue weighted by Gasteiger charge is -2.26. The lowest BCUT2D eigenvalue weighted by molar-refractivity contribution is 0.396. The number of H-pyrrole nitrogens is 1. The minimum absolute atomic E-state index is 0.0771. The van der Waals surface area contributed by atoms with Crippen molar-refractivity contribution in [2.45, 2.75) is 5.92 Å². The molecule has 0 saturated carbocycles. The molecule has 2 heterocycles. The lowest BCUT2D eigenvalue weighted by Crippen LogP contribution is -2.21. The van der Waals surface area contributed by atoms with Gasteiger partial charge in [0.2, 0.25) is 5.88 Å². The zero-order valence-electron chi connectivity index (χ0n) is 12.8. The average molecular weight is 319 g/mol. The number of fused-ring (bicyclic) bond motifs is 3. The number of ether oxygens (including phenoxy) is 2. The summed E-state index contributed by atoms with van der Waals surface area (Å²) in [6.45, 7) is 0. The Labute approximate surface area is 137 Å². The molecule has 1 unspecified atom stereocenters. The number of hydrogen-bond donors (Lipinski definition) is 2. The number of nitrogens with two attached hydrogens (primary N) is 1. The van der Waals surface area contributed by atoms with E-state index >= 15 is 0 Å². The molecule has 3 aromatic rings. The number of nitriles is 1. The molecule has 118 valence electrons. The second-order valence-electron chi connectivity index (χ2n) is 5.38. The minimum atomic E-state index is -0.352. The van der Waals surface area contributed by atoms with E-state index in [4.69, 9.17) is 15.2 Å². The van der Waals surface area contributed by atoms with Crippen LogP contribution in [0.5, 0.6) is 11.5 Å². The SMILES string of the molecule is COc1cccc(C2C(C#N)=C(N)Oc3c2ccc2n[nH]nc32)c1. The van der Waals surface area contributed by atoms with Gasteiger partial charge in [0.1, 0.15) is 22.9 Å². The number of benzene rings is 2. The van der Waals surface area contributed by atoms with Gasteiger partial charge in [-0.25, -0.2) is 0 Å². The zero-order valence-corrected chi connectivity index (χ0v) is 12.8. The summed E-state index contributed by atoms with van der Waals surface area (Å²) < 4.78 is 11.0. The highest BCUT2D eigenvalue weighted by atomic mass is 16.5. The monoisotopic (exact) mass is 319 g/mol. The number of nitrogens with zero attached hydrogens (tertiary/aromatic N) is 3. The van der Waals surface area contributed by atoms with Crippen molar-refractivity contribution in [1.82, 2.24) is 15.4 Å². The average Bonchev–Trinajstić information content (AvgIpc) is 3.09. The Hall–Kier alpha value is -3.53. The van der Waals surface area contributed by atoms with Crippen LogP contribution in [0.2, 0.25) is 0 Å². The molecule has 0 radical (unpaired) electrons. The maximum Gasteiger partial charge on any atom is 0.205 e. The van der Waals surface area contributed by atoms with Crippen molar-refractivity contribution >= 4 is 11.0 Å². The summed E-state index contributed by atoms with van der Waals surface area (Å²) in [7, 11) is 1.60. The minimum Gasteiger partial charge on any atom is -0.497 e. The molecule has 0 aliphatic carbocycles. The molecule has 0 saturated heterocycles. The first-order valence-electron chi connectivity index (χ1n) is 7.28. The molecule has 2 aromatic carbocycles. The number of aromatic amines is 1. The Morgan fingerprint density at radius 1 is 1.29 bits per heavy atom. The number of allylic oxidation sites excluding steroid dienone is 1. The zero-order chi connectivity index (χ0) is 16.7. The van der Waals surface area contributed by atoms with E-state index in [1.807, 2.05) is 36.4 Å². The van der Waals surface area contributed by atoms with Gasteiger partial charge in [-0.05, 0) is 23.8 Å². The van der Waals surface area contributed by atoms with Gasteiger partial charge < -0.3 is 15.2 Å². The van der Waals surface area contributed by atoms with Crippen LogP contribution >= 0.6 is 0 Å². The molecule has 3 N–H and O–H groups in total. The molecular formula is C17H13N5O2. The van der Waals surface area contributed by atoms with Crippen molar-refractivity contribution in [2.24, 2.45) is 5.73 Å². The van der Waals surface area contributed by atoms with Gasteiger partial charge in [-0.1, -0.05) is 18.2 Å². The molecule has 7 nitrogen and oxygen atoms in total. The predicted octanol–water partition coefficient (Wildman–Crippen LogP) is 2.18. The van der Waals surface area contributed by atoms with Crippen LogP contribution in [0.3, 0.4) is 0 Å². The first-order chi connectivity index (χ1) is 11.7. The maximum absolute atomic E-state index is 9.59. The second kappa shape index (κ2) is 5.28. The molecular weight excluding hydrogens is 306 g/mol. The van der Waals surface area contributed by atoms with Gasteiger partial charge in [0.15, 0.2) is 11.3 Å². The predicted molar refractivity (Wildman–Crippen MR) is 86.2 cm³/mol. The van der Waals surface area contributed by atoms with Crippen molar-refractivity contribution in [1.29, 1.82) is 5.26 Å². The summed E-state index contributed by atoms with van der Waals surface area (Å²) in [5, 5.41) is 20.4. The maximum atomic E-state index is 9.59. The topological polar surface area (TPSA) is 110 Å². The van der Waals surface area contributed by atoms with Gasteiger partial charge in [-0.3, -0.25) is 0 Å². The number of nitrogens with one attached hydrogen (secondary N) is 1. The van der Waals surface area contributed by atoms with Crippen molar-refractivity contribution < 1.29 is 9.47 Å². The quantitative estimate of drug-likeness (QED) is 0.749. The van der Waals surface area contributed by atoms with Crippen LogP contribution < -0.4 is 15.2 Å². The molecule has 1 aromatic heterocycles. The van der Waals surface area contributed by atoms with Gasteiger partial charge in [0.05, 0.1) is 13.0 Å². The van der Waals surface area contributed by atoms with Gasteiger partial charge in [0.25, 0.3) is 0 Å². The van der Waals surface area contributed by atoms with E-state index in [2.05, 4.69) is 21.5 Å². The summed E-state index contributed by atoms with van der Waals surface area (Å²) in [5.41, 5.74) is 9.33. The number of rotatable bonds is 2. The van der Waals surface area contributed by atoms with Gasteiger partial charge in [-0.2, -0.15) is 20.7 Å². The van der Waals surface area contributed by atoms with Crippen molar-refractivity contribution in [3.8, 4) is 17.6 Å². The normalized spacial score (nSPS) is 16.4. The van der Waals surface area contributed by atoms with Crippen LogP contribution in [0.25, 0.3) is 11.0 Å². The van der Waals surface area contributed by atoms with Gasteiger partial charge in [0, 0.05) is 5.56 Å². The summed E-state index contributed by atoms with van der Waals surface area (Å²) in [5.74, 6) is 0.952. The molecule has 1 aliphatic heterocycles. The summed E-state index contributed by atoms with van der Waals surface area (Å²) in [6.07, 6.45) is 0. The largest absolute Gasteiger partial charge is 0.497 e. The van der Waals surface area contributed by atoms with E-state index in [9.17, 15) is 5.26 Å². The third-order valence-corrected chi connectivity index (χ3v) is 4.10. The van der Waals surface area contributed by atoms with E-state index in [0.29, 0.717) is 28.1 Å². The first kappa shape index (κ1) is 14.1. The third-order valence-electron chi connectivity index (χ3n) is 4.10. The fraction of sp³-hybridized carbons (Fsp3) is 0.118. The van der Waals surface area contributed by atoms with Crippen LogP contribution in [0.1, 0.15) is 17.0 Å². The fourth-order valence-corrected chi connectivity index (χ4v) is 2.99. The van der Waals surface area contributed by atoms with E-state index in [1.54, 1.807) is 7.11 Å². The van der Waals surface area contributed by atoms with Crippen LogP contribution in [-0.2, 0) is 0 Å². The van der Waals surface area contributed by atoms with E-state index in [1.165, 1.54) is 0 Å². The Balaban J connectivity index is 1.99. The Bertz CT molecular complexity index is 1020. The number of aromatic nitrogens is 3. The molecule has 0 bridgehead atoms. The molecule has 24 heavy (non-hydrogen) atoms. The van der Waals surface area contributed by atoms with Crippen LogP contribution in [-0.4, -0.2) is 22.5 Å². The van der Waals surface area contributed by atoms with Crippen LogP contribution in [0.15, 0.2) is 47.9 Å². The van der Waals surface area contributed by atoms with Crippen molar-refractivity contribution in [2.75, 3.05) is 7.11 Å². The van der Waals surface area contributed by atoms with Crippen LogP contribution in [0, 0.1) is 11.3 Å². The smallest absolute Gasteiger partial charge is 0.205 e. The second-order valence-corrected chi connectivity index (χ2v) is 5.38. The number of hydrogen-bond acceptors (Lipinski definition) is 6. The highest BCUT2D eigenvalue weighted by Crippen LogP contribution is 2.44. The van der Waals surface area contributed by atoms with Crippen LogP contribution in [0.4, 0.5) is 0 Å². The molecule has 4 rings (SSSR count). The van der Waals surface area contributed by atoms with E-state index in [-0.39, 0.29) is 11.8 Å². The van der Waals surface area contributed by atoms with Crippen molar-refractivity contribution in [3.63, 3.8) is 0 Å².